The minimum Gasteiger partial charge on any atom is -0.316 e. The molecule has 0 saturated heterocycles. The molecular weight excluding hydrogens is 424 g/mol. The van der Waals surface area contributed by atoms with Crippen molar-refractivity contribution in [2.75, 3.05) is 11.9 Å². The molecule has 1 aliphatic rings. The number of anilines is 1. The quantitative estimate of drug-likeness (QED) is 0.434. The third kappa shape index (κ3) is 5.44. The van der Waals surface area contributed by atoms with Crippen molar-refractivity contribution in [2.24, 2.45) is 10.9 Å². The molecule has 5 heteroatoms. The summed E-state index contributed by atoms with van der Waals surface area (Å²) in [7, 11) is 0. The molecule has 0 atom stereocenters. The normalized spacial score (nSPS) is 13.5. The van der Waals surface area contributed by atoms with E-state index >= 15 is 0 Å². The van der Waals surface area contributed by atoms with E-state index in [1.165, 1.54) is 16.0 Å². The van der Waals surface area contributed by atoms with E-state index < -0.39 is 0 Å². The zero-order valence-corrected chi connectivity index (χ0v) is 19.5. The third-order valence-corrected chi connectivity index (χ3v) is 6.80. The molecule has 0 radical (unpaired) electrons. The summed E-state index contributed by atoms with van der Waals surface area (Å²) in [5.74, 6) is 0.595. The lowest BCUT2D eigenvalue weighted by atomic mass is 10.00. The van der Waals surface area contributed by atoms with Gasteiger partial charge in [0.05, 0.1) is 5.71 Å². The monoisotopic (exact) mass is 450 g/mol. The number of hydrogen-bond donors (Lipinski definition) is 1. The zero-order chi connectivity index (χ0) is 21.8. The molecule has 1 aliphatic heterocycles. The van der Waals surface area contributed by atoms with Crippen molar-refractivity contribution in [3.8, 4) is 0 Å². The van der Waals surface area contributed by atoms with Crippen molar-refractivity contribution in [3.63, 3.8) is 0 Å². The highest BCUT2D eigenvalue weighted by Crippen LogP contribution is 2.34. The standard InChI is InChI=1S/C26H27ClN2OS/c1-17(2)14-19-12-10-18(11-13-19)6-5-7-20-15-22-25(21-8-3-4-9-23(21)27)28-16-24(30)29-26(22)31-20/h3-4,8-13,15,17H,5-7,14,16H2,1-2H3,(H,29,30). The Balaban J connectivity index is 1.47. The number of amides is 1. The van der Waals surface area contributed by atoms with Crippen molar-refractivity contribution in [1.82, 2.24) is 0 Å². The first kappa shape index (κ1) is 21.8. The van der Waals surface area contributed by atoms with Gasteiger partial charge in [-0.3, -0.25) is 9.79 Å². The fourth-order valence-corrected chi connectivity index (χ4v) is 5.24. The third-order valence-electron chi connectivity index (χ3n) is 5.36. The highest BCUT2D eigenvalue weighted by atomic mass is 35.5. The number of benzene rings is 2. The molecule has 0 unspecified atom stereocenters. The van der Waals surface area contributed by atoms with Crippen LogP contribution < -0.4 is 5.32 Å². The summed E-state index contributed by atoms with van der Waals surface area (Å²) in [5, 5.41) is 4.53. The van der Waals surface area contributed by atoms with E-state index in [1.54, 1.807) is 11.3 Å². The Morgan fingerprint density at radius 1 is 1.03 bits per heavy atom. The minimum atomic E-state index is -0.0850. The van der Waals surface area contributed by atoms with Gasteiger partial charge in [-0.2, -0.15) is 0 Å². The number of thiophene rings is 1. The second-order valence-corrected chi connectivity index (χ2v) is 9.96. The van der Waals surface area contributed by atoms with Crippen LogP contribution in [-0.4, -0.2) is 18.2 Å². The fraction of sp³-hybridized carbons (Fsp3) is 0.308. The highest BCUT2D eigenvalue weighted by molar-refractivity contribution is 7.16. The van der Waals surface area contributed by atoms with E-state index in [0.717, 1.165) is 47.5 Å². The van der Waals surface area contributed by atoms with Crippen LogP contribution in [0.15, 0.2) is 59.6 Å². The Labute approximate surface area is 193 Å². The van der Waals surface area contributed by atoms with E-state index in [-0.39, 0.29) is 12.5 Å². The number of halogens is 1. The van der Waals surface area contributed by atoms with Gasteiger partial charge in [-0.15, -0.1) is 11.3 Å². The van der Waals surface area contributed by atoms with Crippen molar-refractivity contribution in [2.45, 2.75) is 39.5 Å². The Hall–Kier alpha value is -2.43. The molecule has 4 rings (SSSR count). The summed E-state index contributed by atoms with van der Waals surface area (Å²) >= 11 is 8.07. The molecular formula is C26H27ClN2OS. The summed E-state index contributed by atoms with van der Waals surface area (Å²) in [6, 6.07) is 18.9. The molecule has 3 nitrogen and oxygen atoms in total. The molecule has 1 N–H and O–H groups in total. The lowest BCUT2D eigenvalue weighted by molar-refractivity contribution is -0.114. The summed E-state index contributed by atoms with van der Waals surface area (Å²) in [5.41, 5.74) is 5.41. The van der Waals surface area contributed by atoms with Crippen molar-refractivity contribution < 1.29 is 4.79 Å². The van der Waals surface area contributed by atoms with E-state index in [2.05, 4.69) is 54.5 Å². The Kier molecular flexibility index (Phi) is 6.89. The van der Waals surface area contributed by atoms with Gasteiger partial charge in [0.25, 0.3) is 0 Å². The highest BCUT2D eigenvalue weighted by Gasteiger charge is 2.22. The second-order valence-electron chi connectivity index (χ2n) is 8.42. The van der Waals surface area contributed by atoms with Crippen LogP contribution in [0.25, 0.3) is 0 Å². The van der Waals surface area contributed by atoms with Gasteiger partial charge < -0.3 is 5.32 Å². The van der Waals surface area contributed by atoms with Gasteiger partial charge in [0, 0.05) is 21.0 Å². The molecule has 0 bridgehead atoms. The van der Waals surface area contributed by atoms with Gasteiger partial charge in [0.15, 0.2) is 0 Å². The second kappa shape index (κ2) is 9.80. The average Bonchev–Trinajstić information content (AvgIpc) is 3.05. The van der Waals surface area contributed by atoms with Crippen LogP contribution in [0.1, 0.15) is 47.4 Å². The first-order valence-electron chi connectivity index (χ1n) is 10.8. The van der Waals surface area contributed by atoms with Crippen molar-refractivity contribution >= 4 is 39.6 Å². The predicted molar refractivity (Wildman–Crippen MR) is 132 cm³/mol. The number of aryl methyl sites for hydroxylation is 2. The Bertz CT molecular complexity index is 1100. The topological polar surface area (TPSA) is 41.5 Å². The number of rotatable bonds is 7. The molecule has 0 fully saturated rings. The van der Waals surface area contributed by atoms with Crippen LogP contribution in [0.2, 0.25) is 5.02 Å². The number of carbonyl (C=O) groups is 1. The van der Waals surface area contributed by atoms with E-state index in [1.807, 2.05) is 24.3 Å². The zero-order valence-electron chi connectivity index (χ0n) is 18.0. The molecule has 1 amide bonds. The molecule has 0 spiro atoms. The van der Waals surface area contributed by atoms with Gasteiger partial charge in [-0.25, -0.2) is 0 Å². The molecule has 3 aromatic rings. The lowest BCUT2D eigenvalue weighted by Gasteiger charge is -2.07. The average molecular weight is 451 g/mol. The van der Waals surface area contributed by atoms with E-state index in [0.29, 0.717) is 10.9 Å². The minimum absolute atomic E-state index is 0.0850. The molecule has 160 valence electrons. The van der Waals surface area contributed by atoms with Crippen molar-refractivity contribution in [1.29, 1.82) is 0 Å². The number of nitrogens with zero attached hydrogens (tertiary/aromatic N) is 1. The van der Waals surface area contributed by atoms with Crippen LogP contribution in [0.3, 0.4) is 0 Å². The van der Waals surface area contributed by atoms with Gasteiger partial charge in [-0.1, -0.05) is 67.9 Å². The fourth-order valence-electron chi connectivity index (χ4n) is 3.90. The number of fused-ring (bicyclic) bond motifs is 1. The molecule has 31 heavy (non-hydrogen) atoms. The van der Waals surface area contributed by atoms with Crippen LogP contribution >= 0.6 is 22.9 Å². The summed E-state index contributed by atoms with van der Waals surface area (Å²) in [6.07, 6.45) is 4.21. The van der Waals surface area contributed by atoms with Crippen molar-refractivity contribution in [3.05, 3.63) is 86.8 Å². The number of carbonyl (C=O) groups excluding carboxylic acids is 1. The predicted octanol–water partition coefficient (Wildman–Crippen LogP) is 6.56. The molecule has 0 saturated carbocycles. The van der Waals surface area contributed by atoms with Crippen LogP contribution in [-0.2, 0) is 24.1 Å². The first-order chi connectivity index (χ1) is 15.0. The maximum atomic E-state index is 12.2. The Morgan fingerprint density at radius 3 is 2.52 bits per heavy atom. The van der Waals surface area contributed by atoms with Crippen LogP contribution in [0.4, 0.5) is 5.00 Å². The number of nitrogens with one attached hydrogen (secondary N) is 1. The first-order valence-corrected chi connectivity index (χ1v) is 12.0. The molecule has 2 heterocycles. The summed E-state index contributed by atoms with van der Waals surface area (Å²) in [6.45, 7) is 4.62. The lowest BCUT2D eigenvalue weighted by Crippen LogP contribution is -2.12. The molecule has 2 aromatic carbocycles. The SMILES string of the molecule is CC(C)Cc1ccc(CCCc2cc3c(s2)NC(=O)CN=C3c2ccccc2Cl)cc1. The Morgan fingerprint density at radius 2 is 1.77 bits per heavy atom. The van der Waals surface area contributed by atoms with Gasteiger partial charge in [0.2, 0.25) is 5.91 Å². The van der Waals surface area contributed by atoms with Gasteiger partial charge in [0.1, 0.15) is 11.5 Å². The molecule has 0 aliphatic carbocycles. The summed E-state index contributed by atoms with van der Waals surface area (Å²) in [4.78, 5) is 18.0. The maximum Gasteiger partial charge on any atom is 0.246 e. The van der Waals surface area contributed by atoms with Gasteiger partial charge >= 0.3 is 0 Å². The van der Waals surface area contributed by atoms with Crippen LogP contribution in [0, 0.1) is 5.92 Å². The number of aliphatic imine (C=N–C) groups is 1. The maximum absolute atomic E-state index is 12.2. The summed E-state index contributed by atoms with van der Waals surface area (Å²) < 4.78 is 0. The van der Waals surface area contributed by atoms with E-state index in [9.17, 15) is 4.79 Å². The van der Waals surface area contributed by atoms with Crippen LogP contribution in [0.5, 0.6) is 0 Å². The van der Waals surface area contributed by atoms with Gasteiger partial charge in [-0.05, 0) is 54.9 Å². The van der Waals surface area contributed by atoms with E-state index in [4.69, 9.17) is 11.6 Å². The number of hydrogen-bond acceptors (Lipinski definition) is 3. The largest absolute Gasteiger partial charge is 0.316 e. The smallest absolute Gasteiger partial charge is 0.246 e. The molecule has 1 aromatic heterocycles.